The molecule has 0 amide bonds. The first-order valence-corrected chi connectivity index (χ1v) is 4.69. The van der Waals surface area contributed by atoms with E-state index < -0.39 is 0 Å². The lowest BCUT2D eigenvalue weighted by atomic mass is 10.2. The summed E-state index contributed by atoms with van der Waals surface area (Å²) in [5.74, 6) is 5.32. The maximum absolute atomic E-state index is 5.32. The summed E-state index contributed by atoms with van der Waals surface area (Å²) >= 11 is 0. The number of para-hydroxylation sites is 1. The van der Waals surface area contributed by atoms with E-state index >= 15 is 0 Å². The molecule has 1 aromatic heterocycles. The highest BCUT2D eigenvalue weighted by Crippen LogP contribution is 2.10. The molecule has 1 aromatic carbocycles. The molecule has 0 aliphatic carbocycles. The normalized spacial score (nSPS) is 12.2. The predicted octanol–water partition coefficient (Wildman–Crippen LogP) is 1.44. The summed E-state index contributed by atoms with van der Waals surface area (Å²) in [5.41, 5.74) is 1.98. The predicted molar refractivity (Wildman–Crippen MR) is 57.4 cm³/mol. The van der Waals surface area contributed by atoms with Gasteiger partial charge in [0.05, 0.1) is 0 Å². The highest BCUT2D eigenvalue weighted by Gasteiger charge is 1.97. The van der Waals surface area contributed by atoms with E-state index in [0.29, 0.717) is 0 Å². The van der Waals surface area contributed by atoms with Gasteiger partial charge in [0.25, 0.3) is 0 Å². The molecular formula is C11H13N3. The number of nitrogens with two attached hydrogens (primary N) is 1. The average molecular weight is 187 g/mol. The van der Waals surface area contributed by atoms with E-state index in [4.69, 9.17) is 5.84 Å². The highest BCUT2D eigenvalue weighted by atomic mass is 15.2. The minimum absolute atomic E-state index is 0.811. The fourth-order valence-corrected chi connectivity index (χ4v) is 1.70. The second kappa shape index (κ2) is 3.54. The molecule has 0 atom stereocenters. The molecule has 0 unspecified atom stereocenters. The lowest BCUT2D eigenvalue weighted by Gasteiger charge is -2.08. The van der Waals surface area contributed by atoms with Gasteiger partial charge in [0.2, 0.25) is 0 Å². The van der Waals surface area contributed by atoms with Crippen LogP contribution in [0.15, 0.2) is 41.5 Å². The first-order chi connectivity index (χ1) is 6.86. The number of pyridine rings is 1. The van der Waals surface area contributed by atoms with Gasteiger partial charge in [-0.25, -0.2) is 0 Å². The van der Waals surface area contributed by atoms with Crippen molar-refractivity contribution in [3.63, 3.8) is 0 Å². The number of aromatic nitrogens is 1. The van der Waals surface area contributed by atoms with E-state index in [-0.39, 0.29) is 0 Å². The van der Waals surface area contributed by atoms with Crippen molar-refractivity contribution in [3.05, 3.63) is 41.9 Å². The molecule has 14 heavy (non-hydrogen) atoms. The molecule has 0 aliphatic heterocycles. The second-order valence-corrected chi connectivity index (χ2v) is 3.12. The van der Waals surface area contributed by atoms with Gasteiger partial charge in [-0.2, -0.15) is 5.10 Å². The second-order valence-electron chi connectivity index (χ2n) is 3.12. The van der Waals surface area contributed by atoms with Gasteiger partial charge in [-0.05, 0) is 30.5 Å². The zero-order chi connectivity index (χ0) is 9.97. The van der Waals surface area contributed by atoms with E-state index in [1.165, 1.54) is 10.9 Å². The summed E-state index contributed by atoms with van der Waals surface area (Å²) < 4.78 is 2.09. The van der Waals surface area contributed by atoms with Crippen molar-refractivity contribution in [1.29, 1.82) is 0 Å². The van der Waals surface area contributed by atoms with Crippen molar-refractivity contribution in [3.8, 4) is 0 Å². The Morgan fingerprint density at radius 3 is 2.71 bits per heavy atom. The van der Waals surface area contributed by atoms with Crippen molar-refractivity contribution in [2.75, 3.05) is 0 Å². The summed E-state index contributed by atoms with van der Waals surface area (Å²) in [4.78, 5) is 0. The van der Waals surface area contributed by atoms with Gasteiger partial charge in [0.15, 0.2) is 5.49 Å². The number of hydrogen-bond donors (Lipinski definition) is 1. The van der Waals surface area contributed by atoms with Crippen LogP contribution in [0.5, 0.6) is 0 Å². The van der Waals surface area contributed by atoms with Crippen LogP contribution in [0.25, 0.3) is 10.9 Å². The Kier molecular flexibility index (Phi) is 2.23. The Bertz CT molecular complexity index is 511. The van der Waals surface area contributed by atoms with Gasteiger partial charge in [0, 0.05) is 12.1 Å². The highest BCUT2D eigenvalue weighted by molar-refractivity contribution is 5.78. The number of rotatable bonds is 1. The van der Waals surface area contributed by atoms with E-state index in [2.05, 4.69) is 28.7 Å². The van der Waals surface area contributed by atoms with E-state index in [0.717, 1.165) is 12.0 Å². The van der Waals surface area contributed by atoms with Crippen molar-refractivity contribution < 1.29 is 0 Å². The topological polar surface area (TPSA) is 43.3 Å². The van der Waals surface area contributed by atoms with E-state index in [1.54, 1.807) is 0 Å². The first kappa shape index (κ1) is 8.81. The third-order valence-electron chi connectivity index (χ3n) is 2.36. The molecule has 2 N–H and O–H groups in total. The van der Waals surface area contributed by atoms with Crippen molar-refractivity contribution in [1.82, 2.24) is 4.57 Å². The Balaban J connectivity index is 2.91. The third kappa shape index (κ3) is 1.27. The Hall–Kier alpha value is -1.77. The number of aryl methyl sites for hydroxylation is 1. The number of nitrogens with zero attached hydrogens (tertiary/aromatic N) is 2. The Morgan fingerprint density at radius 2 is 2.00 bits per heavy atom. The zero-order valence-corrected chi connectivity index (χ0v) is 8.14. The SMILES string of the molecule is CCn1c(=NN)ccc2ccccc21. The lowest BCUT2D eigenvalue weighted by Crippen LogP contribution is -2.21. The van der Waals surface area contributed by atoms with Crippen molar-refractivity contribution in [2.45, 2.75) is 13.5 Å². The summed E-state index contributed by atoms with van der Waals surface area (Å²) in [5, 5.41) is 4.96. The first-order valence-electron chi connectivity index (χ1n) is 4.69. The standard InChI is InChI=1S/C11H13N3/c1-2-14-10-6-4-3-5-9(10)7-8-11(14)13-12/h3-8H,2,12H2,1H3. The van der Waals surface area contributed by atoms with Crippen LogP contribution in [0.4, 0.5) is 0 Å². The van der Waals surface area contributed by atoms with Gasteiger partial charge in [-0.15, -0.1) is 0 Å². The summed E-state index contributed by atoms with van der Waals surface area (Å²) in [7, 11) is 0. The molecule has 0 radical (unpaired) electrons. The van der Waals surface area contributed by atoms with Crippen molar-refractivity contribution in [2.24, 2.45) is 10.9 Å². The minimum atomic E-state index is 0.811. The van der Waals surface area contributed by atoms with Gasteiger partial charge in [-0.1, -0.05) is 18.2 Å². The van der Waals surface area contributed by atoms with Crippen molar-refractivity contribution >= 4 is 10.9 Å². The number of hydrogen-bond acceptors (Lipinski definition) is 2. The molecule has 0 spiro atoms. The molecule has 2 rings (SSSR count). The zero-order valence-electron chi connectivity index (χ0n) is 8.14. The average Bonchev–Trinajstić information content (AvgIpc) is 2.27. The fraction of sp³-hybridized carbons (Fsp3) is 0.182. The van der Waals surface area contributed by atoms with Gasteiger partial charge < -0.3 is 10.4 Å². The summed E-state index contributed by atoms with van der Waals surface area (Å²) in [6, 6.07) is 12.2. The molecule has 2 aromatic rings. The Labute approximate surface area is 82.5 Å². The molecule has 0 saturated carbocycles. The molecule has 72 valence electrons. The van der Waals surface area contributed by atoms with Crippen LogP contribution in [0, 0.1) is 0 Å². The molecule has 0 fully saturated rings. The molecule has 3 nitrogen and oxygen atoms in total. The molecule has 0 bridgehead atoms. The van der Waals surface area contributed by atoms with Crippen LogP contribution in [-0.2, 0) is 6.54 Å². The molecule has 1 heterocycles. The number of fused-ring (bicyclic) bond motifs is 1. The summed E-state index contributed by atoms with van der Waals surface area (Å²) in [6.45, 7) is 2.96. The fourth-order valence-electron chi connectivity index (χ4n) is 1.70. The largest absolute Gasteiger partial charge is 0.325 e. The molecule has 0 aliphatic rings. The van der Waals surface area contributed by atoms with Crippen LogP contribution in [0.2, 0.25) is 0 Å². The molecule has 0 saturated heterocycles. The van der Waals surface area contributed by atoms with Crippen LogP contribution in [0.1, 0.15) is 6.92 Å². The molecular weight excluding hydrogens is 174 g/mol. The smallest absolute Gasteiger partial charge is 0.152 e. The number of benzene rings is 1. The van der Waals surface area contributed by atoms with Crippen LogP contribution < -0.4 is 11.3 Å². The maximum atomic E-state index is 5.32. The van der Waals surface area contributed by atoms with Gasteiger partial charge in [-0.3, -0.25) is 0 Å². The lowest BCUT2D eigenvalue weighted by molar-refractivity contribution is 0.734. The molecule has 3 heteroatoms. The Morgan fingerprint density at radius 1 is 1.21 bits per heavy atom. The summed E-state index contributed by atoms with van der Waals surface area (Å²) in [6.07, 6.45) is 0. The maximum Gasteiger partial charge on any atom is 0.152 e. The van der Waals surface area contributed by atoms with E-state index in [1.807, 2.05) is 24.3 Å². The van der Waals surface area contributed by atoms with Gasteiger partial charge >= 0.3 is 0 Å². The quantitative estimate of drug-likeness (QED) is 0.532. The van der Waals surface area contributed by atoms with Crippen LogP contribution >= 0.6 is 0 Å². The monoisotopic (exact) mass is 187 g/mol. The van der Waals surface area contributed by atoms with E-state index in [9.17, 15) is 0 Å². The van der Waals surface area contributed by atoms with Crippen LogP contribution in [-0.4, -0.2) is 4.57 Å². The third-order valence-corrected chi connectivity index (χ3v) is 2.36. The van der Waals surface area contributed by atoms with Crippen LogP contribution in [0.3, 0.4) is 0 Å². The minimum Gasteiger partial charge on any atom is -0.325 e. The van der Waals surface area contributed by atoms with Gasteiger partial charge in [0.1, 0.15) is 0 Å².